The molecule has 0 bridgehead atoms. The van der Waals surface area contributed by atoms with Crippen molar-refractivity contribution in [3.8, 4) is 0 Å². The molecule has 0 fully saturated rings. The van der Waals surface area contributed by atoms with Crippen molar-refractivity contribution in [2.75, 3.05) is 12.4 Å². The lowest BCUT2D eigenvalue weighted by Crippen LogP contribution is -2.18. The molecular weight excluding hydrogens is 286 g/mol. The molecule has 0 saturated heterocycles. The van der Waals surface area contributed by atoms with E-state index in [9.17, 15) is 9.59 Å². The summed E-state index contributed by atoms with van der Waals surface area (Å²) in [7, 11) is 1.29. The van der Waals surface area contributed by atoms with Crippen molar-refractivity contribution in [2.45, 2.75) is 6.54 Å². The first kappa shape index (κ1) is 13.8. The molecule has 0 saturated carbocycles. The Morgan fingerprint density at radius 2 is 2.27 bits per heavy atom. The van der Waals surface area contributed by atoms with Crippen molar-refractivity contribution in [3.63, 3.8) is 0 Å². The Morgan fingerprint density at radius 1 is 1.41 bits per heavy atom. The number of hydrogen-bond donors (Lipinski definition) is 2. The van der Waals surface area contributed by atoms with Gasteiger partial charge < -0.3 is 10.1 Å². The zero-order valence-corrected chi connectivity index (χ0v) is 11.7. The van der Waals surface area contributed by atoms with E-state index in [0.717, 1.165) is 0 Å². The first-order valence-electron chi connectivity index (χ1n) is 6.51. The number of benzene rings is 1. The number of esters is 1. The lowest BCUT2D eigenvalue weighted by atomic mass is 10.2. The van der Waals surface area contributed by atoms with Gasteiger partial charge in [0.2, 0.25) is 5.91 Å². The standard InChI is InChI=1S/C14H13N5O3/c1-22-14(21)13-10-7-9(3-4-11(10)17-18-13)16-12(20)8-19-6-2-5-15-19/h2-7H,8H2,1H3,(H,16,20)(H,17,18). The molecule has 3 rings (SSSR count). The van der Waals surface area contributed by atoms with Gasteiger partial charge >= 0.3 is 5.97 Å². The first-order valence-corrected chi connectivity index (χ1v) is 6.51. The number of nitrogens with one attached hydrogen (secondary N) is 2. The second-order valence-corrected chi connectivity index (χ2v) is 4.58. The van der Waals surface area contributed by atoms with Gasteiger partial charge in [-0.15, -0.1) is 0 Å². The quantitative estimate of drug-likeness (QED) is 0.704. The highest BCUT2D eigenvalue weighted by molar-refractivity contribution is 6.03. The molecule has 1 aromatic carbocycles. The van der Waals surface area contributed by atoms with Crippen LogP contribution < -0.4 is 5.32 Å². The van der Waals surface area contributed by atoms with E-state index < -0.39 is 5.97 Å². The van der Waals surface area contributed by atoms with E-state index in [1.807, 2.05) is 0 Å². The van der Waals surface area contributed by atoms with Crippen LogP contribution in [-0.4, -0.2) is 39.0 Å². The monoisotopic (exact) mass is 299 g/mol. The fourth-order valence-electron chi connectivity index (χ4n) is 2.09. The number of aromatic nitrogens is 4. The van der Waals surface area contributed by atoms with Gasteiger partial charge in [-0.25, -0.2) is 4.79 Å². The van der Waals surface area contributed by atoms with Crippen molar-refractivity contribution in [1.29, 1.82) is 0 Å². The van der Waals surface area contributed by atoms with Gasteiger partial charge in [0.1, 0.15) is 6.54 Å². The van der Waals surface area contributed by atoms with Crippen LogP contribution in [-0.2, 0) is 16.1 Å². The summed E-state index contributed by atoms with van der Waals surface area (Å²) in [5, 5.41) is 14.0. The summed E-state index contributed by atoms with van der Waals surface area (Å²) >= 11 is 0. The molecule has 0 spiro atoms. The normalized spacial score (nSPS) is 10.6. The summed E-state index contributed by atoms with van der Waals surface area (Å²) in [5.74, 6) is -0.752. The number of ether oxygens (including phenoxy) is 1. The van der Waals surface area contributed by atoms with Crippen LogP contribution in [0.5, 0.6) is 0 Å². The third-order valence-electron chi connectivity index (χ3n) is 3.09. The number of H-pyrrole nitrogens is 1. The summed E-state index contributed by atoms with van der Waals surface area (Å²) < 4.78 is 6.19. The number of carbonyl (C=O) groups is 2. The third-order valence-corrected chi connectivity index (χ3v) is 3.09. The molecular formula is C14H13N5O3. The minimum Gasteiger partial charge on any atom is -0.464 e. The molecule has 2 heterocycles. The number of anilines is 1. The molecule has 2 aromatic heterocycles. The van der Waals surface area contributed by atoms with Crippen molar-refractivity contribution in [3.05, 3.63) is 42.4 Å². The Morgan fingerprint density at radius 3 is 3.00 bits per heavy atom. The van der Waals surface area contributed by atoms with E-state index in [1.54, 1.807) is 36.7 Å². The van der Waals surface area contributed by atoms with Crippen molar-refractivity contribution in [2.24, 2.45) is 0 Å². The van der Waals surface area contributed by atoms with Crippen LogP contribution in [0.25, 0.3) is 10.9 Å². The molecule has 0 radical (unpaired) electrons. The summed E-state index contributed by atoms with van der Waals surface area (Å²) in [5.41, 5.74) is 1.43. The molecule has 22 heavy (non-hydrogen) atoms. The summed E-state index contributed by atoms with van der Waals surface area (Å²) in [6.45, 7) is 0.111. The van der Waals surface area contributed by atoms with Crippen molar-refractivity contribution < 1.29 is 14.3 Å². The minimum absolute atomic E-state index is 0.111. The lowest BCUT2D eigenvalue weighted by molar-refractivity contribution is -0.116. The van der Waals surface area contributed by atoms with E-state index in [-0.39, 0.29) is 18.1 Å². The van der Waals surface area contributed by atoms with Gasteiger partial charge in [0.05, 0.1) is 12.6 Å². The molecule has 3 aromatic rings. The highest BCUT2D eigenvalue weighted by atomic mass is 16.5. The fraction of sp³-hybridized carbons (Fsp3) is 0.143. The van der Waals surface area contributed by atoms with Crippen molar-refractivity contribution >= 4 is 28.5 Å². The summed E-state index contributed by atoms with van der Waals surface area (Å²) in [6, 6.07) is 6.88. The average Bonchev–Trinajstić information content (AvgIpc) is 3.15. The van der Waals surface area contributed by atoms with E-state index in [1.165, 1.54) is 11.8 Å². The van der Waals surface area contributed by atoms with Crippen LogP contribution in [0.3, 0.4) is 0 Å². The summed E-state index contributed by atoms with van der Waals surface area (Å²) in [6.07, 6.45) is 3.31. The second kappa shape index (κ2) is 5.68. The smallest absolute Gasteiger partial charge is 0.359 e. The molecule has 2 N–H and O–H groups in total. The van der Waals surface area contributed by atoms with Crippen LogP contribution >= 0.6 is 0 Å². The topological polar surface area (TPSA) is 102 Å². The van der Waals surface area contributed by atoms with E-state index in [4.69, 9.17) is 0 Å². The number of aromatic amines is 1. The number of hydrogen-bond acceptors (Lipinski definition) is 5. The highest BCUT2D eigenvalue weighted by Crippen LogP contribution is 2.21. The predicted molar refractivity (Wildman–Crippen MR) is 78.3 cm³/mol. The second-order valence-electron chi connectivity index (χ2n) is 4.58. The van der Waals surface area contributed by atoms with Crippen LogP contribution in [0.15, 0.2) is 36.7 Å². The number of methoxy groups -OCH3 is 1. The van der Waals surface area contributed by atoms with Gasteiger partial charge in [-0.3, -0.25) is 14.6 Å². The molecule has 0 unspecified atom stereocenters. The van der Waals surface area contributed by atoms with Gasteiger partial charge in [0.25, 0.3) is 0 Å². The number of nitrogens with zero attached hydrogens (tertiary/aromatic N) is 3. The van der Waals surface area contributed by atoms with Crippen LogP contribution in [0.4, 0.5) is 5.69 Å². The van der Waals surface area contributed by atoms with E-state index in [2.05, 4.69) is 25.3 Å². The van der Waals surface area contributed by atoms with Gasteiger partial charge in [-0.05, 0) is 24.3 Å². The predicted octanol–water partition coefficient (Wildman–Crippen LogP) is 1.18. The third kappa shape index (κ3) is 2.66. The van der Waals surface area contributed by atoms with E-state index >= 15 is 0 Å². The Labute approximate surface area is 125 Å². The van der Waals surface area contributed by atoms with Crippen LogP contribution in [0, 0.1) is 0 Å². The van der Waals surface area contributed by atoms with Gasteiger partial charge in [0.15, 0.2) is 5.69 Å². The molecule has 0 aliphatic heterocycles. The average molecular weight is 299 g/mol. The molecule has 1 amide bonds. The van der Waals surface area contributed by atoms with Crippen LogP contribution in [0.1, 0.15) is 10.5 Å². The number of fused-ring (bicyclic) bond motifs is 1. The van der Waals surface area contributed by atoms with Gasteiger partial charge in [-0.2, -0.15) is 10.2 Å². The van der Waals surface area contributed by atoms with Gasteiger partial charge in [-0.1, -0.05) is 0 Å². The molecule has 112 valence electrons. The van der Waals surface area contributed by atoms with E-state index in [0.29, 0.717) is 16.6 Å². The maximum atomic E-state index is 11.9. The zero-order valence-electron chi connectivity index (χ0n) is 11.7. The van der Waals surface area contributed by atoms with Crippen molar-refractivity contribution in [1.82, 2.24) is 20.0 Å². The number of carbonyl (C=O) groups excluding carboxylic acids is 2. The Bertz CT molecular complexity index is 822. The maximum absolute atomic E-state index is 11.9. The Balaban J connectivity index is 1.82. The largest absolute Gasteiger partial charge is 0.464 e. The molecule has 8 heteroatoms. The number of amides is 1. The molecule has 8 nitrogen and oxygen atoms in total. The fourth-order valence-corrected chi connectivity index (χ4v) is 2.09. The zero-order chi connectivity index (χ0) is 15.5. The maximum Gasteiger partial charge on any atom is 0.359 e. The molecule has 0 aliphatic rings. The Hall–Kier alpha value is -3.16. The number of rotatable bonds is 4. The minimum atomic E-state index is -0.536. The van der Waals surface area contributed by atoms with Gasteiger partial charge in [0, 0.05) is 23.5 Å². The Kier molecular flexibility index (Phi) is 3.57. The highest BCUT2D eigenvalue weighted by Gasteiger charge is 2.15. The SMILES string of the molecule is COC(=O)c1n[nH]c2ccc(NC(=O)Cn3cccn3)cc12. The summed E-state index contributed by atoms with van der Waals surface area (Å²) in [4.78, 5) is 23.6. The lowest BCUT2D eigenvalue weighted by Gasteiger charge is -2.05. The van der Waals surface area contributed by atoms with Crippen LogP contribution in [0.2, 0.25) is 0 Å². The molecule has 0 atom stereocenters. The first-order chi connectivity index (χ1) is 10.7. The molecule has 0 aliphatic carbocycles.